The van der Waals surface area contributed by atoms with Gasteiger partial charge in [-0.1, -0.05) is 24.3 Å². The van der Waals surface area contributed by atoms with Crippen LogP contribution >= 0.6 is 0 Å². The number of nitrogens with zero attached hydrogens (tertiary/aromatic N) is 7. The first kappa shape index (κ1) is 27.7. The van der Waals surface area contributed by atoms with Gasteiger partial charge in [-0.25, -0.2) is 13.6 Å². The highest BCUT2D eigenvalue weighted by Gasteiger charge is 2.49. The number of fused-ring (bicyclic) bond motifs is 2. The molecule has 1 N–H and O–H groups in total. The van der Waals surface area contributed by atoms with Crippen LogP contribution in [0.3, 0.4) is 0 Å². The van der Waals surface area contributed by atoms with Crippen molar-refractivity contribution < 1.29 is 23.4 Å². The Kier molecular flexibility index (Phi) is 7.00. The highest BCUT2D eigenvalue weighted by molar-refractivity contribution is 5.92. The van der Waals surface area contributed by atoms with Gasteiger partial charge in [-0.15, -0.1) is 0 Å². The largest absolute Gasteiger partial charge is 0.465 e. The number of pyridine rings is 1. The number of carboxylic acid groups (broad SMARTS) is 1. The molecule has 10 nitrogen and oxygen atoms in total. The fourth-order valence-electron chi connectivity index (χ4n) is 7.21. The summed E-state index contributed by atoms with van der Waals surface area (Å²) >= 11 is 0. The van der Waals surface area contributed by atoms with Crippen LogP contribution in [0.5, 0.6) is 6.01 Å². The average Bonchev–Trinajstić information content (AvgIpc) is 3.71. The van der Waals surface area contributed by atoms with Gasteiger partial charge in [0.15, 0.2) is 5.82 Å². The second kappa shape index (κ2) is 10.9. The van der Waals surface area contributed by atoms with E-state index in [0.29, 0.717) is 30.1 Å². The highest BCUT2D eigenvalue weighted by Crippen LogP contribution is 2.45. The molecule has 1 amide bonds. The third-order valence-corrected chi connectivity index (χ3v) is 9.46. The van der Waals surface area contributed by atoms with Crippen LogP contribution in [0.15, 0.2) is 30.5 Å². The van der Waals surface area contributed by atoms with E-state index in [1.54, 1.807) is 6.20 Å². The lowest BCUT2D eigenvalue weighted by Crippen LogP contribution is -2.55. The van der Waals surface area contributed by atoms with E-state index in [-0.39, 0.29) is 49.9 Å². The Labute approximate surface area is 247 Å². The minimum atomic E-state index is -1.09. The number of hydrogen-bond donors (Lipinski definition) is 1. The van der Waals surface area contributed by atoms with E-state index in [0.717, 1.165) is 43.4 Å². The Morgan fingerprint density at radius 3 is 2.81 bits per heavy atom. The van der Waals surface area contributed by atoms with Gasteiger partial charge in [0.1, 0.15) is 29.8 Å². The zero-order valence-corrected chi connectivity index (χ0v) is 23.8. The molecule has 7 rings (SSSR count). The summed E-state index contributed by atoms with van der Waals surface area (Å²) < 4.78 is 37.1. The molecule has 3 atom stereocenters. The first-order valence-electron chi connectivity index (χ1n) is 15.0. The first-order valence-corrected chi connectivity index (χ1v) is 15.0. The first-order chi connectivity index (χ1) is 20.9. The number of alkyl halides is 1. The molecule has 0 bridgehead atoms. The Morgan fingerprint density at radius 1 is 1.19 bits per heavy atom. The van der Waals surface area contributed by atoms with Crippen molar-refractivity contribution in [2.75, 3.05) is 44.2 Å². The quantitative estimate of drug-likeness (QED) is 0.417. The molecular formula is C31H33F2N7O3. The van der Waals surface area contributed by atoms with Gasteiger partial charge in [-0.3, -0.25) is 9.88 Å². The molecular weight excluding hydrogens is 556 g/mol. The molecule has 0 unspecified atom stereocenters. The normalized spacial score (nSPS) is 25.6. The maximum atomic E-state index is 16.5. The molecule has 3 aliphatic heterocycles. The van der Waals surface area contributed by atoms with Crippen molar-refractivity contribution in [3.05, 3.63) is 41.8 Å². The number of hydrogen-bond acceptors (Lipinski definition) is 8. The number of nitriles is 1. The van der Waals surface area contributed by atoms with E-state index in [9.17, 15) is 19.6 Å². The van der Waals surface area contributed by atoms with Gasteiger partial charge < -0.3 is 19.6 Å². The number of amides is 1. The summed E-state index contributed by atoms with van der Waals surface area (Å²) in [6.07, 6.45) is 3.82. The van der Waals surface area contributed by atoms with Gasteiger partial charge in [0.05, 0.1) is 29.5 Å². The predicted octanol–water partition coefficient (Wildman–Crippen LogP) is 4.75. The molecule has 3 saturated heterocycles. The van der Waals surface area contributed by atoms with Gasteiger partial charge in [0, 0.05) is 44.4 Å². The Hall–Kier alpha value is -4.11. The van der Waals surface area contributed by atoms with Crippen molar-refractivity contribution in [1.29, 1.82) is 5.26 Å². The molecule has 224 valence electrons. The van der Waals surface area contributed by atoms with E-state index in [1.165, 1.54) is 4.90 Å². The topological polar surface area (TPSA) is 119 Å². The second-order valence-corrected chi connectivity index (χ2v) is 12.2. The summed E-state index contributed by atoms with van der Waals surface area (Å²) in [4.78, 5) is 30.9. The number of aromatic nitrogens is 3. The summed E-state index contributed by atoms with van der Waals surface area (Å²) in [7, 11) is 0. The third-order valence-electron chi connectivity index (χ3n) is 9.46. The molecule has 12 heteroatoms. The molecule has 1 aromatic carbocycles. The van der Waals surface area contributed by atoms with Gasteiger partial charge in [0.2, 0.25) is 0 Å². The number of carbonyl (C=O) groups is 1. The maximum Gasteiger partial charge on any atom is 0.407 e. The fraction of sp³-hybridized carbons (Fsp3) is 0.516. The van der Waals surface area contributed by atoms with Crippen LogP contribution in [0.2, 0.25) is 0 Å². The van der Waals surface area contributed by atoms with Crippen LogP contribution in [0.4, 0.5) is 19.4 Å². The minimum Gasteiger partial charge on any atom is -0.465 e. The van der Waals surface area contributed by atoms with E-state index >= 15 is 4.39 Å². The number of benzene rings is 1. The van der Waals surface area contributed by atoms with Gasteiger partial charge >= 0.3 is 12.1 Å². The monoisotopic (exact) mass is 589 g/mol. The molecule has 43 heavy (non-hydrogen) atoms. The second-order valence-electron chi connectivity index (χ2n) is 12.2. The predicted molar refractivity (Wildman–Crippen MR) is 154 cm³/mol. The molecule has 4 fully saturated rings. The summed E-state index contributed by atoms with van der Waals surface area (Å²) in [5.74, 6) is 0.175. The van der Waals surface area contributed by atoms with Gasteiger partial charge in [-0.05, 0) is 43.7 Å². The number of rotatable bonds is 7. The summed E-state index contributed by atoms with van der Waals surface area (Å²) in [5, 5.41) is 19.4. The van der Waals surface area contributed by atoms with E-state index in [4.69, 9.17) is 9.72 Å². The summed E-state index contributed by atoms with van der Waals surface area (Å²) in [6.45, 7) is 2.01. The lowest BCUT2D eigenvalue weighted by Gasteiger charge is -2.40. The zero-order valence-electron chi connectivity index (χ0n) is 23.8. The highest BCUT2D eigenvalue weighted by atomic mass is 19.1. The third kappa shape index (κ3) is 4.99. The molecule has 0 spiro atoms. The van der Waals surface area contributed by atoms with Crippen molar-refractivity contribution >= 4 is 22.8 Å². The molecule has 1 aliphatic carbocycles. The van der Waals surface area contributed by atoms with Crippen molar-refractivity contribution in [3.8, 4) is 23.3 Å². The van der Waals surface area contributed by atoms with Gasteiger partial charge in [0.25, 0.3) is 0 Å². The number of ether oxygens (including phenoxy) is 1. The van der Waals surface area contributed by atoms with Crippen LogP contribution in [0, 0.1) is 17.1 Å². The van der Waals surface area contributed by atoms with Crippen molar-refractivity contribution in [2.45, 2.75) is 62.2 Å². The Bertz CT molecular complexity index is 1610. The molecule has 3 aromatic rings. The number of piperazine rings is 1. The Morgan fingerprint density at radius 2 is 2.02 bits per heavy atom. The molecule has 4 aliphatic rings. The van der Waals surface area contributed by atoms with Crippen LogP contribution in [-0.2, 0) is 0 Å². The van der Waals surface area contributed by atoms with Crippen molar-refractivity contribution in [1.82, 2.24) is 24.8 Å². The molecule has 0 radical (unpaired) electrons. The lowest BCUT2D eigenvalue weighted by atomic mass is 9.95. The standard InChI is InChI=1S/C31H33F2N7O3/c32-20-14-31(9-3-11-39(31)16-20)18-43-29-36-27-24(28(37-29)38-12-13-40(30(41)42)21(17-38)8-10-34)15-35-26(25(27)33)23-5-2-1-4-22(23)19-6-7-19/h1-2,4-5,15,19-21H,3,6-9,11-14,16-18H2,(H,41,42)/t20-,21+,31+/m1/s1. The smallest absolute Gasteiger partial charge is 0.407 e. The molecule has 5 heterocycles. The SMILES string of the molecule is N#CC[C@H]1CN(c2nc(OC[C@@]34CCCN3C[C@H](F)C4)nc3c(F)c(-c4ccccc4C4CC4)ncc23)CCN1C(=O)O. The number of halogens is 2. The fourth-order valence-corrected chi connectivity index (χ4v) is 7.21. The average molecular weight is 590 g/mol. The van der Waals surface area contributed by atoms with E-state index in [1.807, 2.05) is 29.2 Å². The van der Waals surface area contributed by atoms with Gasteiger partial charge in [-0.2, -0.15) is 15.2 Å². The van der Waals surface area contributed by atoms with Crippen molar-refractivity contribution in [2.24, 2.45) is 0 Å². The molecule has 2 aromatic heterocycles. The van der Waals surface area contributed by atoms with Crippen LogP contribution in [0.25, 0.3) is 22.2 Å². The van der Waals surface area contributed by atoms with E-state index < -0.39 is 29.7 Å². The summed E-state index contributed by atoms with van der Waals surface area (Å²) in [6, 6.07) is 9.19. The minimum absolute atomic E-state index is 0.00658. The van der Waals surface area contributed by atoms with Crippen LogP contribution in [0.1, 0.15) is 50.0 Å². The maximum absolute atomic E-state index is 16.5. The van der Waals surface area contributed by atoms with E-state index in [2.05, 4.69) is 20.9 Å². The zero-order chi connectivity index (χ0) is 29.7. The lowest BCUT2D eigenvalue weighted by molar-refractivity contribution is 0.107. The van der Waals surface area contributed by atoms with Crippen molar-refractivity contribution in [3.63, 3.8) is 0 Å². The Balaban J connectivity index is 1.30. The summed E-state index contributed by atoms with van der Waals surface area (Å²) in [5.41, 5.74) is 1.62. The molecule has 1 saturated carbocycles. The van der Waals surface area contributed by atoms with Crippen LogP contribution < -0.4 is 9.64 Å². The van der Waals surface area contributed by atoms with Crippen LogP contribution in [-0.4, -0.2) is 93.0 Å². The number of anilines is 1.